The molecule has 2 atom stereocenters. The van der Waals surface area contributed by atoms with Gasteiger partial charge in [-0.25, -0.2) is 0 Å². The van der Waals surface area contributed by atoms with E-state index in [1.54, 1.807) is 0 Å². The molecule has 1 aliphatic rings. The van der Waals surface area contributed by atoms with E-state index in [1.165, 1.54) is 16.5 Å². The Morgan fingerprint density at radius 3 is 2.86 bits per heavy atom. The first kappa shape index (κ1) is 13.4. The van der Waals surface area contributed by atoms with E-state index in [9.17, 15) is 0 Å². The fourth-order valence-electron chi connectivity index (χ4n) is 3.31. The Balaban J connectivity index is 1.56. The molecule has 2 heterocycles. The van der Waals surface area contributed by atoms with E-state index < -0.39 is 0 Å². The molecule has 0 radical (unpaired) electrons. The average molecular weight is 292 g/mol. The highest BCUT2D eigenvalue weighted by atomic mass is 16.5. The van der Waals surface area contributed by atoms with Crippen LogP contribution in [0, 0.1) is 0 Å². The molecule has 0 saturated carbocycles. The van der Waals surface area contributed by atoms with Gasteiger partial charge in [-0.1, -0.05) is 36.4 Å². The minimum absolute atomic E-state index is 0.307. The van der Waals surface area contributed by atoms with Crippen LogP contribution in [0.5, 0.6) is 5.75 Å². The first-order valence-electron chi connectivity index (χ1n) is 7.84. The number of H-pyrrole nitrogens is 1. The molecule has 4 rings (SSSR count). The van der Waals surface area contributed by atoms with Gasteiger partial charge in [0, 0.05) is 29.2 Å². The zero-order valence-corrected chi connectivity index (χ0v) is 12.7. The van der Waals surface area contributed by atoms with E-state index in [0.29, 0.717) is 18.7 Å². The van der Waals surface area contributed by atoms with Gasteiger partial charge in [0.15, 0.2) is 0 Å². The van der Waals surface area contributed by atoms with Crippen LogP contribution in [0.25, 0.3) is 10.9 Å². The summed E-state index contributed by atoms with van der Waals surface area (Å²) in [4.78, 5) is 3.35. The maximum absolute atomic E-state index is 6.05. The van der Waals surface area contributed by atoms with Gasteiger partial charge < -0.3 is 15.0 Å². The Morgan fingerprint density at radius 2 is 2.00 bits per heavy atom. The summed E-state index contributed by atoms with van der Waals surface area (Å²) in [6, 6.07) is 17.4. The number of hydrogen-bond donors (Lipinski definition) is 2. The summed E-state index contributed by atoms with van der Waals surface area (Å²) in [5.41, 5.74) is 3.80. The second-order valence-electron chi connectivity index (χ2n) is 6.00. The van der Waals surface area contributed by atoms with E-state index in [4.69, 9.17) is 4.74 Å². The maximum atomic E-state index is 6.05. The van der Waals surface area contributed by atoms with Crippen LogP contribution >= 0.6 is 0 Å². The lowest BCUT2D eigenvalue weighted by Crippen LogP contribution is -2.37. The Bertz CT molecular complexity index is 778. The minimum atomic E-state index is 0.307. The molecule has 0 fully saturated rings. The van der Waals surface area contributed by atoms with Crippen molar-refractivity contribution in [3.05, 3.63) is 65.9 Å². The lowest BCUT2D eigenvalue weighted by molar-refractivity contribution is 0.260. The van der Waals surface area contributed by atoms with Crippen molar-refractivity contribution in [1.82, 2.24) is 10.3 Å². The van der Waals surface area contributed by atoms with Crippen LogP contribution in [0.4, 0.5) is 0 Å². The molecular formula is C19H20N2O. The van der Waals surface area contributed by atoms with Crippen LogP contribution in [0.1, 0.15) is 24.1 Å². The average Bonchev–Trinajstić information content (AvgIpc) is 2.88. The summed E-state index contributed by atoms with van der Waals surface area (Å²) in [5, 5.41) is 4.94. The Hall–Kier alpha value is -2.26. The van der Waals surface area contributed by atoms with E-state index in [-0.39, 0.29) is 0 Å². The Labute approximate surface area is 130 Å². The first-order valence-corrected chi connectivity index (χ1v) is 7.84. The van der Waals surface area contributed by atoms with E-state index in [2.05, 4.69) is 65.9 Å². The number of rotatable bonds is 3. The van der Waals surface area contributed by atoms with Gasteiger partial charge >= 0.3 is 0 Å². The van der Waals surface area contributed by atoms with Crippen molar-refractivity contribution < 1.29 is 4.74 Å². The second-order valence-corrected chi connectivity index (χ2v) is 6.00. The highest BCUT2D eigenvalue weighted by Crippen LogP contribution is 2.32. The zero-order valence-electron chi connectivity index (χ0n) is 12.7. The maximum Gasteiger partial charge on any atom is 0.129 e. The number of nitrogens with one attached hydrogen (secondary N) is 2. The van der Waals surface area contributed by atoms with Crippen molar-refractivity contribution in [2.75, 3.05) is 6.61 Å². The van der Waals surface area contributed by atoms with Crippen molar-refractivity contribution in [1.29, 1.82) is 0 Å². The van der Waals surface area contributed by atoms with Crippen LogP contribution < -0.4 is 10.1 Å². The quantitative estimate of drug-likeness (QED) is 0.770. The standard InChI is InChI=1S/C19H20N2O/c1-13(14-6-3-2-4-7-14)21-16-10-15-11-20-17-8-5-9-18(19(15)17)22-12-16/h2-9,11,13,16,20-21H,10,12H2,1H3/t13-,16+/m1/s1. The molecule has 0 spiro atoms. The lowest BCUT2D eigenvalue weighted by atomic mass is 10.0. The third-order valence-corrected chi connectivity index (χ3v) is 4.44. The van der Waals surface area contributed by atoms with Gasteiger partial charge in [0.05, 0.1) is 0 Å². The third-order valence-electron chi connectivity index (χ3n) is 4.44. The predicted octanol–water partition coefficient (Wildman–Crippen LogP) is 3.82. The predicted molar refractivity (Wildman–Crippen MR) is 89.3 cm³/mol. The van der Waals surface area contributed by atoms with Crippen LogP contribution in [0.15, 0.2) is 54.7 Å². The van der Waals surface area contributed by atoms with Crippen LogP contribution in [0.2, 0.25) is 0 Å². The van der Waals surface area contributed by atoms with Crippen molar-refractivity contribution in [3.63, 3.8) is 0 Å². The summed E-state index contributed by atoms with van der Waals surface area (Å²) in [7, 11) is 0. The van der Waals surface area contributed by atoms with Gasteiger partial charge in [-0.2, -0.15) is 0 Å². The van der Waals surface area contributed by atoms with Crippen molar-refractivity contribution in [2.24, 2.45) is 0 Å². The Morgan fingerprint density at radius 1 is 1.14 bits per heavy atom. The van der Waals surface area contributed by atoms with Gasteiger partial charge in [0.25, 0.3) is 0 Å². The highest BCUT2D eigenvalue weighted by Gasteiger charge is 2.21. The van der Waals surface area contributed by atoms with Crippen LogP contribution in [-0.4, -0.2) is 17.6 Å². The Kier molecular flexibility index (Phi) is 3.35. The normalized spacial score (nSPS) is 18.7. The number of aromatic nitrogens is 1. The first-order chi connectivity index (χ1) is 10.8. The lowest BCUT2D eigenvalue weighted by Gasteiger charge is -2.22. The molecule has 22 heavy (non-hydrogen) atoms. The number of benzene rings is 2. The third kappa shape index (κ3) is 2.38. The highest BCUT2D eigenvalue weighted by molar-refractivity contribution is 5.89. The summed E-state index contributed by atoms with van der Waals surface area (Å²) < 4.78 is 6.05. The molecule has 0 saturated heterocycles. The number of ether oxygens (including phenoxy) is 1. The van der Waals surface area contributed by atoms with Gasteiger partial charge in [-0.05, 0) is 36.6 Å². The molecule has 1 aliphatic heterocycles. The van der Waals surface area contributed by atoms with Crippen molar-refractivity contribution >= 4 is 10.9 Å². The molecule has 0 bridgehead atoms. The van der Waals surface area contributed by atoms with Gasteiger partial charge in [-0.3, -0.25) is 0 Å². The zero-order chi connectivity index (χ0) is 14.9. The molecule has 2 N–H and O–H groups in total. The van der Waals surface area contributed by atoms with Crippen LogP contribution in [0.3, 0.4) is 0 Å². The molecule has 3 heteroatoms. The minimum Gasteiger partial charge on any atom is -0.491 e. The molecule has 0 amide bonds. The molecule has 3 aromatic rings. The summed E-state index contributed by atoms with van der Waals surface area (Å²) in [5.74, 6) is 0.991. The van der Waals surface area contributed by atoms with E-state index in [1.807, 2.05) is 6.07 Å². The smallest absolute Gasteiger partial charge is 0.129 e. The molecule has 0 aliphatic carbocycles. The molecule has 112 valence electrons. The molecule has 2 aromatic carbocycles. The van der Waals surface area contributed by atoms with Gasteiger partial charge in [0.2, 0.25) is 0 Å². The SMILES string of the molecule is C[C@@H](N[C@@H]1COc2cccc3[nH]cc(c23)C1)c1ccccc1. The fourth-order valence-corrected chi connectivity index (χ4v) is 3.31. The van der Waals surface area contributed by atoms with Crippen molar-refractivity contribution in [3.8, 4) is 5.75 Å². The van der Waals surface area contributed by atoms with Crippen molar-refractivity contribution in [2.45, 2.75) is 25.4 Å². The molecular weight excluding hydrogens is 272 g/mol. The van der Waals surface area contributed by atoms with E-state index >= 15 is 0 Å². The molecule has 1 aromatic heterocycles. The summed E-state index contributed by atoms with van der Waals surface area (Å²) in [6.45, 7) is 2.91. The fraction of sp³-hybridized carbons (Fsp3) is 0.263. The topological polar surface area (TPSA) is 37.0 Å². The monoisotopic (exact) mass is 292 g/mol. The second kappa shape index (κ2) is 5.50. The molecule has 0 unspecified atom stereocenters. The summed E-state index contributed by atoms with van der Waals surface area (Å²) in [6.07, 6.45) is 3.10. The number of aromatic amines is 1. The largest absolute Gasteiger partial charge is 0.491 e. The van der Waals surface area contributed by atoms with Crippen LogP contribution in [-0.2, 0) is 6.42 Å². The van der Waals surface area contributed by atoms with Gasteiger partial charge in [0.1, 0.15) is 12.4 Å². The van der Waals surface area contributed by atoms with Gasteiger partial charge in [-0.15, -0.1) is 0 Å². The molecule has 3 nitrogen and oxygen atoms in total. The summed E-state index contributed by atoms with van der Waals surface area (Å²) >= 11 is 0. The van der Waals surface area contributed by atoms with E-state index in [0.717, 1.165) is 17.7 Å². The number of hydrogen-bond acceptors (Lipinski definition) is 2.